The topological polar surface area (TPSA) is 77.0 Å². The van der Waals surface area contributed by atoms with Gasteiger partial charge in [0, 0.05) is 0 Å². The predicted octanol–water partition coefficient (Wildman–Crippen LogP) is 2.26. The summed E-state index contributed by atoms with van der Waals surface area (Å²) < 4.78 is 1.48. The summed E-state index contributed by atoms with van der Waals surface area (Å²) in [5.41, 5.74) is 2.04. The Morgan fingerprint density at radius 3 is 2.26 bits per heavy atom. The van der Waals surface area contributed by atoms with E-state index in [-0.39, 0.29) is 5.95 Å². The monoisotopic (exact) mass is 307 g/mol. The van der Waals surface area contributed by atoms with Gasteiger partial charge in [0.1, 0.15) is 5.82 Å². The van der Waals surface area contributed by atoms with E-state index in [4.69, 9.17) is 5.84 Å². The van der Waals surface area contributed by atoms with Crippen LogP contribution in [-0.2, 0) is 0 Å². The zero-order chi connectivity index (χ0) is 16.4. The summed E-state index contributed by atoms with van der Waals surface area (Å²) in [6.07, 6.45) is 0. The van der Waals surface area contributed by atoms with Crippen LogP contribution in [0.5, 0.6) is 0 Å². The van der Waals surface area contributed by atoms with Crippen molar-refractivity contribution in [3.05, 3.63) is 76.5 Å². The smallest absolute Gasteiger partial charge is 0.248 e. The van der Waals surface area contributed by atoms with Gasteiger partial charge in [-0.15, -0.1) is 0 Å². The van der Waals surface area contributed by atoms with Crippen LogP contribution in [-0.4, -0.2) is 14.5 Å². The number of hydrazine groups is 1. The van der Waals surface area contributed by atoms with Crippen molar-refractivity contribution in [2.24, 2.45) is 5.84 Å². The zero-order valence-corrected chi connectivity index (χ0v) is 13.0. The van der Waals surface area contributed by atoms with Gasteiger partial charge in [0.2, 0.25) is 0 Å². The molecule has 23 heavy (non-hydrogen) atoms. The molecule has 0 bridgehead atoms. The third kappa shape index (κ3) is 2.84. The molecule has 116 valence electrons. The second-order valence-corrected chi connectivity index (χ2v) is 5.18. The highest BCUT2D eigenvalue weighted by atomic mass is 16.1. The Kier molecular flexibility index (Phi) is 3.91. The maximum Gasteiger partial charge on any atom is 0.356 e. The highest BCUT2D eigenvalue weighted by Crippen LogP contribution is 2.18. The van der Waals surface area contributed by atoms with E-state index in [1.54, 1.807) is 6.92 Å². The van der Waals surface area contributed by atoms with Crippen LogP contribution in [0.15, 0.2) is 59.4 Å². The second kappa shape index (κ2) is 6.02. The lowest BCUT2D eigenvalue weighted by Gasteiger charge is -2.18. The third-order valence-corrected chi connectivity index (χ3v) is 3.58. The first-order valence-corrected chi connectivity index (χ1v) is 7.21. The molecular weight excluding hydrogens is 290 g/mol. The standard InChI is InChI=1S/C17H17N5O/c1-12-8-6-7-11-15(12)21-13(2)19-16(20-17(21)23)22(18)14-9-4-3-5-10-14/h3-11H,18H2,1-2H3. The van der Waals surface area contributed by atoms with Crippen molar-refractivity contribution in [3.63, 3.8) is 0 Å². The molecule has 2 N–H and O–H groups in total. The normalized spacial score (nSPS) is 10.6. The molecule has 0 aliphatic carbocycles. The van der Waals surface area contributed by atoms with E-state index >= 15 is 0 Å². The fourth-order valence-corrected chi connectivity index (χ4v) is 2.40. The number of aryl methyl sites for hydroxylation is 2. The number of rotatable bonds is 3. The quantitative estimate of drug-likeness (QED) is 0.593. The summed E-state index contributed by atoms with van der Waals surface area (Å²) in [5.74, 6) is 6.73. The van der Waals surface area contributed by atoms with Gasteiger partial charge in [-0.25, -0.2) is 20.2 Å². The molecule has 0 aliphatic heterocycles. The van der Waals surface area contributed by atoms with Crippen molar-refractivity contribution in [1.82, 2.24) is 14.5 Å². The van der Waals surface area contributed by atoms with Gasteiger partial charge in [0.15, 0.2) is 0 Å². The number of benzene rings is 2. The average Bonchev–Trinajstić information content (AvgIpc) is 2.56. The molecule has 0 unspecified atom stereocenters. The minimum atomic E-state index is -0.409. The van der Waals surface area contributed by atoms with E-state index in [0.717, 1.165) is 11.3 Å². The molecular formula is C17H17N5O. The molecule has 6 heteroatoms. The number of aromatic nitrogens is 3. The van der Waals surface area contributed by atoms with E-state index in [1.807, 2.05) is 61.5 Å². The van der Waals surface area contributed by atoms with Crippen LogP contribution in [0, 0.1) is 13.8 Å². The summed E-state index contributed by atoms with van der Waals surface area (Å²) in [7, 11) is 0. The molecule has 3 aromatic rings. The lowest BCUT2D eigenvalue weighted by Crippen LogP contribution is -2.33. The fourth-order valence-electron chi connectivity index (χ4n) is 2.40. The third-order valence-electron chi connectivity index (χ3n) is 3.58. The summed E-state index contributed by atoms with van der Waals surface area (Å²) >= 11 is 0. The number of nitrogens with zero attached hydrogens (tertiary/aromatic N) is 4. The lowest BCUT2D eigenvalue weighted by atomic mass is 10.2. The Hall–Kier alpha value is -2.99. The van der Waals surface area contributed by atoms with Crippen molar-refractivity contribution in [2.45, 2.75) is 13.8 Å². The van der Waals surface area contributed by atoms with Crippen LogP contribution in [0.3, 0.4) is 0 Å². The first-order chi connectivity index (χ1) is 11.1. The molecule has 6 nitrogen and oxygen atoms in total. The van der Waals surface area contributed by atoms with Crippen LogP contribution in [0.4, 0.5) is 11.6 Å². The minimum Gasteiger partial charge on any atom is -0.248 e. The molecule has 0 atom stereocenters. The summed E-state index contributed by atoms with van der Waals surface area (Å²) in [6.45, 7) is 3.70. The molecule has 0 amide bonds. The van der Waals surface area contributed by atoms with E-state index in [1.165, 1.54) is 9.58 Å². The maximum absolute atomic E-state index is 12.5. The number of hydrogen-bond donors (Lipinski definition) is 1. The Morgan fingerprint density at radius 2 is 1.61 bits per heavy atom. The van der Waals surface area contributed by atoms with Gasteiger partial charge in [0.25, 0.3) is 5.95 Å². The van der Waals surface area contributed by atoms with Crippen LogP contribution in [0.1, 0.15) is 11.4 Å². The van der Waals surface area contributed by atoms with Gasteiger partial charge in [-0.1, -0.05) is 36.4 Å². The number of nitrogens with two attached hydrogens (primary N) is 1. The van der Waals surface area contributed by atoms with Crippen LogP contribution in [0.2, 0.25) is 0 Å². The molecule has 0 aliphatic rings. The number of hydrogen-bond acceptors (Lipinski definition) is 5. The first-order valence-electron chi connectivity index (χ1n) is 7.21. The van der Waals surface area contributed by atoms with Gasteiger partial charge in [-0.2, -0.15) is 9.97 Å². The largest absolute Gasteiger partial charge is 0.356 e. The zero-order valence-electron chi connectivity index (χ0n) is 13.0. The molecule has 0 fully saturated rings. The minimum absolute atomic E-state index is 0.170. The highest BCUT2D eigenvalue weighted by Gasteiger charge is 2.14. The SMILES string of the molecule is Cc1ccccc1-n1c(C)nc(N(N)c2ccccc2)nc1=O. The summed E-state index contributed by atoms with van der Waals surface area (Å²) in [6, 6.07) is 16.9. The van der Waals surface area contributed by atoms with E-state index < -0.39 is 5.69 Å². The Balaban J connectivity index is 2.09. The summed E-state index contributed by atoms with van der Waals surface area (Å²) in [4.78, 5) is 20.9. The van der Waals surface area contributed by atoms with Gasteiger partial charge < -0.3 is 0 Å². The van der Waals surface area contributed by atoms with Gasteiger partial charge in [-0.3, -0.25) is 0 Å². The molecule has 1 heterocycles. The maximum atomic E-state index is 12.5. The van der Waals surface area contributed by atoms with E-state index in [2.05, 4.69) is 9.97 Å². The fraction of sp³-hybridized carbons (Fsp3) is 0.118. The first kappa shape index (κ1) is 14.9. The predicted molar refractivity (Wildman–Crippen MR) is 89.9 cm³/mol. The van der Waals surface area contributed by atoms with Crippen molar-refractivity contribution >= 4 is 11.6 Å². The van der Waals surface area contributed by atoms with Crippen molar-refractivity contribution in [1.29, 1.82) is 0 Å². The molecule has 2 aromatic carbocycles. The van der Waals surface area contributed by atoms with Crippen molar-refractivity contribution in [2.75, 3.05) is 5.01 Å². The van der Waals surface area contributed by atoms with Gasteiger partial charge in [-0.05, 0) is 37.6 Å². The molecule has 0 saturated carbocycles. The van der Waals surface area contributed by atoms with Gasteiger partial charge in [0.05, 0.1) is 11.4 Å². The van der Waals surface area contributed by atoms with Gasteiger partial charge >= 0.3 is 5.69 Å². The van der Waals surface area contributed by atoms with Crippen molar-refractivity contribution in [3.8, 4) is 5.69 Å². The molecule has 0 saturated heterocycles. The Labute approximate surface area is 133 Å². The molecule has 0 spiro atoms. The second-order valence-electron chi connectivity index (χ2n) is 5.18. The molecule has 1 aromatic heterocycles. The lowest BCUT2D eigenvalue weighted by molar-refractivity contribution is 0.788. The van der Waals surface area contributed by atoms with E-state index in [9.17, 15) is 4.79 Å². The summed E-state index contributed by atoms with van der Waals surface area (Å²) in [5, 5.41) is 1.30. The Morgan fingerprint density at radius 1 is 0.957 bits per heavy atom. The van der Waals surface area contributed by atoms with Crippen LogP contribution < -0.4 is 16.5 Å². The molecule has 0 radical (unpaired) electrons. The highest BCUT2D eigenvalue weighted by molar-refractivity contribution is 5.54. The van der Waals surface area contributed by atoms with Crippen LogP contribution >= 0.6 is 0 Å². The average molecular weight is 307 g/mol. The van der Waals surface area contributed by atoms with Crippen molar-refractivity contribution < 1.29 is 0 Å². The van der Waals surface area contributed by atoms with Crippen LogP contribution in [0.25, 0.3) is 5.69 Å². The molecule has 3 rings (SSSR count). The van der Waals surface area contributed by atoms with E-state index in [0.29, 0.717) is 11.5 Å². The number of anilines is 2. The Bertz CT molecular complexity index is 889. The number of para-hydroxylation sites is 2.